The maximum absolute atomic E-state index is 13.0. The van der Waals surface area contributed by atoms with Gasteiger partial charge in [-0.05, 0) is 36.2 Å². The van der Waals surface area contributed by atoms with E-state index in [4.69, 9.17) is 4.74 Å². The number of hydrogen-bond acceptors (Lipinski definition) is 7. The number of carbonyl (C=O) groups excluding carboxylic acids is 1. The number of aromatic nitrogens is 3. The molecule has 1 saturated heterocycles. The Hall–Kier alpha value is -2.68. The van der Waals surface area contributed by atoms with Gasteiger partial charge in [-0.3, -0.25) is 19.7 Å². The van der Waals surface area contributed by atoms with Gasteiger partial charge in [0.25, 0.3) is 0 Å². The van der Waals surface area contributed by atoms with Gasteiger partial charge in [0.05, 0.1) is 36.5 Å². The third-order valence-corrected chi connectivity index (χ3v) is 5.80. The molecule has 3 aromatic heterocycles. The summed E-state index contributed by atoms with van der Waals surface area (Å²) in [5, 5.41) is 3.03. The third-order valence-electron chi connectivity index (χ3n) is 4.98. The van der Waals surface area contributed by atoms with Gasteiger partial charge in [-0.25, -0.2) is 4.98 Å². The second kappa shape index (κ2) is 9.88. The molecule has 1 atom stereocenters. The Balaban J connectivity index is 1.48. The van der Waals surface area contributed by atoms with Gasteiger partial charge >= 0.3 is 0 Å². The Morgan fingerprint density at radius 3 is 2.70 bits per heavy atom. The van der Waals surface area contributed by atoms with Crippen molar-refractivity contribution in [2.24, 2.45) is 0 Å². The predicted molar refractivity (Wildman–Crippen MR) is 115 cm³/mol. The van der Waals surface area contributed by atoms with E-state index in [0.717, 1.165) is 21.8 Å². The van der Waals surface area contributed by atoms with Crippen LogP contribution in [0.15, 0.2) is 54.4 Å². The van der Waals surface area contributed by atoms with Crippen molar-refractivity contribution in [3.63, 3.8) is 0 Å². The lowest BCUT2D eigenvalue weighted by Gasteiger charge is -2.24. The van der Waals surface area contributed by atoms with Crippen LogP contribution in [0, 0.1) is 6.92 Å². The molecule has 30 heavy (non-hydrogen) atoms. The minimum absolute atomic E-state index is 0.0963. The van der Waals surface area contributed by atoms with Gasteiger partial charge in [0.15, 0.2) is 0 Å². The third kappa shape index (κ3) is 5.69. The van der Waals surface area contributed by atoms with Gasteiger partial charge in [-0.15, -0.1) is 11.3 Å². The first kappa shape index (κ1) is 20.6. The van der Waals surface area contributed by atoms with Crippen molar-refractivity contribution < 1.29 is 9.53 Å². The molecule has 8 heteroatoms. The summed E-state index contributed by atoms with van der Waals surface area (Å²) in [6.07, 6.45) is 7.04. The van der Waals surface area contributed by atoms with Crippen LogP contribution in [0.1, 0.15) is 21.8 Å². The first-order chi connectivity index (χ1) is 14.7. The van der Waals surface area contributed by atoms with Crippen molar-refractivity contribution in [1.29, 1.82) is 0 Å². The number of thiazole rings is 1. The highest BCUT2D eigenvalue weighted by Gasteiger charge is 2.29. The van der Waals surface area contributed by atoms with Crippen molar-refractivity contribution in [3.05, 3.63) is 76.3 Å². The summed E-state index contributed by atoms with van der Waals surface area (Å²) in [6, 6.07) is 7.85. The minimum atomic E-state index is -0.0963. The molecule has 0 saturated carbocycles. The zero-order valence-electron chi connectivity index (χ0n) is 17.0. The fourth-order valence-corrected chi connectivity index (χ4v) is 4.15. The van der Waals surface area contributed by atoms with Gasteiger partial charge in [-0.2, -0.15) is 0 Å². The highest BCUT2D eigenvalue weighted by molar-refractivity contribution is 7.09. The highest BCUT2D eigenvalue weighted by Crippen LogP contribution is 2.17. The topological polar surface area (TPSA) is 71.5 Å². The molecule has 0 N–H and O–H groups in total. The van der Waals surface area contributed by atoms with Crippen molar-refractivity contribution in [3.8, 4) is 0 Å². The van der Waals surface area contributed by atoms with Crippen LogP contribution in [0.5, 0.6) is 0 Å². The zero-order chi connectivity index (χ0) is 20.8. The molecule has 1 aliphatic heterocycles. The summed E-state index contributed by atoms with van der Waals surface area (Å²) in [6.45, 7) is 5.23. The van der Waals surface area contributed by atoms with E-state index in [9.17, 15) is 4.79 Å². The van der Waals surface area contributed by atoms with Crippen LogP contribution in [-0.4, -0.2) is 56.4 Å². The molecular weight excluding hydrogens is 398 g/mol. The van der Waals surface area contributed by atoms with E-state index in [-0.39, 0.29) is 12.0 Å². The monoisotopic (exact) mass is 423 g/mol. The average molecular weight is 424 g/mol. The van der Waals surface area contributed by atoms with Crippen LogP contribution in [0.3, 0.4) is 0 Å². The second-order valence-electron chi connectivity index (χ2n) is 7.45. The Morgan fingerprint density at radius 2 is 1.97 bits per heavy atom. The SMILES string of the molecule is Cc1nc(CN2CC(OCc3ccncc3)CN(Cc3cccnc3)CC2=O)cs1. The lowest BCUT2D eigenvalue weighted by Crippen LogP contribution is -2.37. The van der Waals surface area contributed by atoms with Crippen LogP contribution in [0.25, 0.3) is 0 Å². The number of amides is 1. The Kier molecular flexibility index (Phi) is 6.78. The fraction of sp³-hybridized carbons (Fsp3) is 0.364. The molecule has 156 valence electrons. The molecule has 0 aromatic carbocycles. The Labute approximate surface area is 180 Å². The van der Waals surface area contributed by atoms with Crippen LogP contribution in [-0.2, 0) is 29.2 Å². The van der Waals surface area contributed by atoms with E-state index in [1.165, 1.54) is 0 Å². The van der Waals surface area contributed by atoms with Gasteiger partial charge in [0, 0.05) is 49.8 Å². The molecule has 3 aromatic rings. The van der Waals surface area contributed by atoms with E-state index in [1.54, 1.807) is 29.9 Å². The predicted octanol–water partition coefficient (Wildman–Crippen LogP) is 2.67. The number of ether oxygens (including phenoxy) is 1. The van der Waals surface area contributed by atoms with Crippen LogP contribution in [0.2, 0.25) is 0 Å². The maximum atomic E-state index is 13.0. The molecule has 1 unspecified atom stereocenters. The van der Waals surface area contributed by atoms with Crippen molar-refractivity contribution in [1.82, 2.24) is 24.8 Å². The molecule has 1 aliphatic rings. The summed E-state index contributed by atoms with van der Waals surface area (Å²) in [5.41, 5.74) is 3.09. The summed E-state index contributed by atoms with van der Waals surface area (Å²) in [5.74, 6) is 0.0968. The van der Waals surface area contributed by atoms with E-state index in [0.29, 0.717) is 39.3 Å². The largest absolute Gasteiger partial charge is 0.370 e. The number of nitrogens with zero attached hydrogens (tertiary/aromatic N) is 5. The van der Waals surface area contributed by atoms with Crippen LogP contribution < -0.4 is 0 Å². The summed E-state index contributed by atoms with van der Waals surface area (Å²) < 4.78 is 6.24. The molecule has 4 heterocycles. The first-order valence-corrected chi connectivity index (χ1v) is 10.8. The summed E-state index contributed by atoms with van der Waals surface area (Å²) in [7, 11) is 0. The standard InChI is InChI=1S/C22H25N5O2S/c1-17-25-20(16-30-17)11-27-13-21(29-15-18-4-7-23-8-5-18)12-26(14-22(27)28)10-19-3-2-6-24-9-19/h2-9,16,21H,10-15H2,1H3. The molecular formula is C22H25N5O2S. The average Bonchev–Trinajstić information content (AvgIpc) is 3.10. The summed E-state index contributed by atoms with van der Waals surface area (Å²) >= 11 is 1.61. The van der Waals surface area contributed by atoms with Crippen molar-refractivity contribution in [2.45, 2.75) is 32.7 Å². The van der Waals surface area contributed by atoms with Crippen LogP contribution in [0.4, 0.5) is 0 Å². The fourth-order valence-electron chi connectivity index (χ4n) is 3.55. The highest BCUT2D eigenvalue weighted by atomic mass is 32.1. The smallest absolute Gasteiger partial charge is 0.237 e. The molecule has 1 amide bonds. The number of carbonyl (C=O) groups is 1. The van der Waals surface area contributed by atoms with E-state index in [2.05, 4.69) is 19.9 Å². The molecule has 0 aliphatic carbocycles. The number of pyridine rings is 2. The van der Waals surface area contributed by atoms with E-state index in [1.807, 2.05) is 47.7 Å². The molecule has 7 nitrogen and oxygen atoms in total. The minimum Gasteiger partial charge on any atom is -0.370 e. The molecule has 0 radical (unpaired) electrons. The van der Waals surface area contributed by atoms with Crippen molar-refractivity contribution in [2.75, 3.05) is 19.6 Å². The molecule has 0 bridgehead atoms. The molecule has 1 fully saturated rings. The summed E-state index contributed by atoms with van der Waals surface area (Å²) in [4.78, 5) is 29.8. The maximum Gasteiger partial charge on any atom is 0.237 e. The number of rotatable bonds is 7. The van der Waals surface area contributed by atoms with Gasteiger partial charge in [0.2, 0.25) is 5.91 Å². The molecule has 4 rings (SSSR count). The Bertz CT molecular complexity index is 950. The lowest BCUT2D eigenvalue weighted by atomic mass is 10.2. The molecule has 0 spiro atoms. The Morgan fingerprint density at radius 1 is 1.10 bits per heavy atom. The first-order valence-electron chi connectivity index (χ1n) is 9.96. The van der Waals surface area contributed by atoms with Gasteiger partial charge < -0.3 is 9.64 Å². The lowest BCUT2D eigenvalue weighted by molar-refractivity contribution is -0.132. The number of aryl methyl sites for hydroxylation is 1. The van der Waals surface area contributed by atoms with Crippen LogP contribution >= 0.6 is 11.3 Å². The zero-order valence-corrected chi connectivity index (χ0v) is 17.8. The second-order valence-corrected chi connectivity index (χ2v) is 8.51. The number of hydrogen-bond donors (Lipinski definition) is 0. The van der Waals surface area contributed by atoms with E-state index >= 15 is 0 Å². The van der Waals surface area contributed by atoms with Crippen molar-refractivity contribution >= 4 is 17.2 Å². The normalized spacial score (nSPS) is 17.8. The van der Waals surface area contributed by atoms with Gasteiger partial charge in [-0.1, -0.05) is 6.07 Å². The van der Waals surface area contributed by atoms with E-state index < -0.39 is 0 Å². The van der Waals surface area contributed by atoms with Gasteiger partial charge in [0.1, 0.15) is 0 Å². The quantitative estimate of drug-likeness (QED) is 0.582.